The van der Waals surface area contributed by atoms with Crippen LogP contribution in [-0.2, 0) is 16.6 Å². The van der Waals surface area contributed by atoms with Gasteiger partial charge in [0.15, 0.2) is 0 Å². The highest BCUT2D eigenvalue weighted by Gasteiger charge is 2.23. The second kappa shape index (κ2) is 6.07. The van der Waals surface area contributed by atoms with Gasteiger partial charge in [0.1, 0.15) is 0 Å². The number of halogens is 1. The summed E-state index contributed by atoms with van der Waals surface area (Å²) in [5.74, 6) is 1.44. The molecule has 0 aromatic heterocycles. The molecule has 0 radical (unpaired) electrons. The molecular formula is C14H20ClNOS. The van der Waals surface area contributed by atoms with Crippen molar-refractivity contribution in [1.82, 2.24) is 0 Å². The zero-order valence-electron chi connectivity index (χ0n) is 10.9. The van der Waals surface area contributed by atoms with Gasteiger partial charge in [0.05, 0.1) is 0 Å². The van der Waals surface area contributed by atoms with E-state index in [0.717, 1.165) is 17.2 Å². The van der Waals surface area contributed by atoms with Crippen molar-refractivity contribution in [2.24, 2.45) is 5.92 Å². The third-order valence-electron chi connectivity index (χ3n) is 3.20. The van der Waals surface area contributed by atoms with Crippen molar-refractivity contribution in [3.05, 3.63) is 28.8 Å². The Morgan fingerprint density at radius 3 is 2.83 bits per heavy atom. The van der Waals surface area contributed by atoms with Gasteiger partial charge in [0, 0.05) is 39.6 Å². The van der Waals surface area contributed by atoms with E-state index in [1.54, 1.807) is 6.26 Å². The molecule has 0 saturated heterocycles. The monoisotopic (exact) mass is 285 g/mol. The van der Waals surface area contributed by atoms with Crippen molar-refractivity contribution >= 4 is 28.1 Å². The van der Waals surface area contributed by atoms with E-state index in [4.69, 9.17) is 11.6 Å². The second-order valence-corrected chi connectivity index (χ2v) is 7.09. The van der Waals surface area contributed by atoms with E-state index in [0.29, 0.717) is 16.8 Å². The van der Waals surface area contributed by atoms with Crippen LogP contribution in [0.25, 0.3) is 0 Å². The van der Waals surface area contributed by atoms with Crippen molar-refractivity contribution < 1.29 is 4.21 Å². The highest BCUT2D eigenvalue weighted by Crippen LogP contribution is 2.34. The van der Waals surface area contributed by atoms with Crippen molar-refractivity contribution in [3.8, 4) is 0 Å². The van der Waals surface area contributed by atoms with Crippen LogP contribution in [0.5, 0.6) is 0 Å². The van der Waals surface area contributed by atoms with Crippen LogP contribution in [0, 0.1) is 5.92 Å². The van der Waals surface area contributed by atoms with E-state index in [1.807, 2.05) is 18.2 Å². The summed E-state index contributed by atoms with van der Waals surface area (Å²) in [6.07, 6.45) is 5.70. The normalized spacial score (nSPS) is 18.4. The Morgan fingerprint density at radius 2 is 2.22 bits per heavy atom. The molecule has 1 aliphatic carbocycles. The molecule has 2 rings (SSSR count). The molecule has 4 heteroatoms. The Kier molecular flexibility index (Phi) is 4.68. The lowest BCUT2D eigenvalue weighted by molar-refractivity contribution is 0.642. The van der Waals surface area contributed by atoms with Crippen molar-refractivity contribution in [2.75, 3.05) is 11.6 Å². The molecule has 0 bridgehead atoms. The molecule has 18 heavy (non-hydrogen) atoms. The quantitative estimate of drug-likeness (QED) is 0.861. The van der Waals surface area contributed by atoms with E-state index in [1.165, 1.54) is 19.3 Å². The second-order valence-electron chi connectivity index (χ2n) is 5.25. The van der Waals surface area contributed by atoms with Gasteiger partial charge < -0.3 is 5.32 Å². The van der Waals surface area contributed by atoms with Gasteiger partial charge in [-0.2, -0.15) is 0 Å². The van der Waals surface area contributed by atoms with Gasteiger partial charge >= 0.3 is 0 Å². The zero-order chi connectivity index (χ0) is 13.1. The van der Waals surface area contributed by atoms with Gasteiger partial charge in [0.25, 0.3) is 0 Å². The van der Waals surface area contributed by atoms with Crippen LogP contribution < -0.4 is 5.32 Å². The maximum atomic E-state index is 11.3. The van der Waals surface area contributed by atoms with E-state index in [9.17, 15) is 4.21 Å². The summed E-state index contributed by atoms with van der Waals surface area (Å²) < 4.78 is 11.3. The van der Waals surface area contributed by atoms with Crippen molar-refractivity contribution in [1.29, 1.82) is 0 Å². The van der Waals surface area contributed by atoms with Gasteiger partial charge in [-0.05, 0) is 43.0 Å². The highest BCUT2D eigenvalue weighted by molar-refractivity contribution is 7.83. The van der Waals surface area contributed by atoms with Gasteiger partial charge in [-0.1, -0.05) is 24.4 Å². The summed E-state index contributed by atoms with van der Waals surface area (Å²) in [6, 6.07) is 6.38. The fraction of sp³-hybridized carbons (Fsp3) is 0.571. The van der Waals surface area contributed by atoms with E-state index >= 15 is 0 Å². The first-order valence-corrected chi connectivity index (χ1v) is 8.50. The summed E-state index contributed by atoms with van der Waals surface area (Å²) in [7, 11) is -0.859. The first-order chi connectivity index (χ1) is 8.54. The van der Waals surface area contributed by atoms with Crippen LogP contribution in [0.15, 0.2) is 18.2 Å². The topological polar surface area (TPSA) is 29.1 Å². The molecule has 1 aliphatic rings. The van der Waals surface area contributed by atoms with Gasteiger partial charge in [-0.3, -0.25) is 4.21 Å². The fourth-order valence-electron chi connectivity index (χ4n) is 2.19. The predicted molar refractivity (Wildman–Crippen MR) is 79.6 cm³/mol. The molecule has 1 aromatic carbocycles. The van der Waals surface area contributed by atoms with Crippen molar-refractivity contribution in [3.63, 3.8) is 0 Å². The van der Waals surface area contributed by atoms with Crippen LogP contribution in [0.2, 0.25) is 5.02 Å². The summed E-state index contributed by atoms with van der Waals surface area (Å²) in [6.45, 7) is 2.21. The fourth-order valence-corrected chi connectivity index (χ4v) is 3.13. The maximum Gasteiger partial charge on any atom is 0.0498 e. The molecule has 2 atom stereocenters. The molecule has 100 valence electrons. The summed E-state index contributed by atoms with van der Waals surface area (Å²) in [4.78, 5) is 0. The molecule has 1 N–H and O–H groups in total. The molecule has 0 aliphatic heterocycles. The first kappa shape index (κ1) is 13.9. The minimum absolute atomic E-state index is 0.485. The lowest BCUT2D eigenvalue weighted by Gasteiger charge is -2.16. The predicted octanol–water partition coefficient (Wildman–Crippen LogP) is 3.82. The minimum atomic E-state index is -0.859. The van der Waals surface area contributed by atoms with Gasteiger partial charge in [-0.25, -0.2) is 0 Å². The standard InChI is InChI=1S/C14H20ClNOS/c1-10(7-11-3-4-11)16-13-5-6-14(15)12(8-13)9-18(2)17/h5-6,8,10-11,16H,3-4,7,9H2,1-2H3/t10-,18-/m1/s1. The maximum absolute atomic E-state index is 11.3. The van der Waals surface area contributed by atoms with E-state index in [-0.39, 0.29) is 0 Å². The Bertz CT molecular complexity index is 445. The number of hydrogen-bond acceptors (Lipinski definition) is 2. The third-order valence-corrected chi connectivity index (χ3v) is 4.29. The SMILES string of the molecule is C[C@H](CC1CC1)Nc1ccc(Cl)c(C[S@@](C)=O)c1. The lowest BCUT2D eigenvalue weighted by Crippen LogP contribution is -2.15. The van der Waals surface area contributed by atoms with Crippen LogP contribution in [-0.4, -0.2) is 16.5 Å². The Balaban J connectivity index is 2.00. The zero-order valence-corrected chi connectivity index (χ0v) is 12.5. The average molecular weight is 286 g/mol. The molecule has 0 unspecified atom stereocenters. The molecule has 1 aromatic rings. The number of anilines is 1. The molecule has 0 spiro atoms. The van der Waals surface area contributed by atoms with E-state index < -0.39 is 10.8 Å². The minimum Gasteiger partial charge on any atom is -0.383 e. The summed E-state index contributed by atoms with van der Waals surface area (Å²) in [5, 5.41) is 4.20. The highest BCUT2D eigenvalue weighted by atomic mass is 35.5. The van der Waals surface area contributed by atoms with Crippen LogP contribution in [0.1, 0.15) is 31.7 Å². The number of benzene rings is 1. The molecule has 1 saturated carbocycles. The number of rotatable bonds is 6. The van der Waals surface area contributed by atoms with E-state index in [2.05, 4.69) is 12.2 Å². The van der Waals surface area contributed by atoms with Gasteiger partial charge in [-0.15, -0.1) is 0 Å². The average Bonchev–Trinajstić information content (AvgIpc) is 3.06. The lowest BCUT2D eigenvalue weighted by atomic mass is 10.1. The Morgan fingerprint density at radius 1 is 1.50 bits per heavy atom. The largest absolute Gasteiger partial charge is 0.383 e. The van der Waals surface area contributed by atoms with Crippen LogP contribution >= 0.6 is 11.6 Å². The molecular weight excluding hydrogens is 266 g/mol. The Labute approximate surface area is 117 Å². The Hall–Kier alpha value is -0.540. The molecule has 1 fully saturated rings. The first-order valence-electron chi connectivity index (χ1n) is 6.39. The number of hydrogen-bond donors (Lipinski definition) is 1. The third kappa shape index (κ3) is 4.29. The number of nitrogens with one attached hydrogen (secondary N) is 1. The summed E-state index contributed by atoms with van der Waals surface area (Å²) in [5.41, 5.74) is 2.04. The van der Waals surface area contributed by atoms with Crippen molar-refractivity contribution in [2.45, 2.75) is 38.0 Å². The summed E-state index contributed by atoms with van der Waals surface area (Å²) >= 11 is 6.11. The van der Waals surface area contributed by atoms with Gasteiger partial charge in [0.2, 0.25) is 0 Å². The van der Waals surface area contributed by atoms with Crippen LogP contribution in [0.4, 0.5) is 5.69 Å². The smallest absolute Gasteiger partial charge is 0.0498 e. The van der Waals surface area contributed by atoms with Crippen LogP contribution in [0.3, 0.4) is 0 Å². The molecule has 0 heterocycles. The molecule has 2 nitrogen and oxygen atoms in total. The molecule has 0 amide bonds.